The fraction of sp³-hybridized carbons (Fsp3) is 0.111. The van der Waals surface area contributed by atoms with Crippen molar-refractivity contribution in [3.8, 4) is 22.8 Å². The molecule has 0 amide bonds. The molecule has 5 heteroatoms. The number of carbonyl (C=O) groups is 1. The molecule has 0 aliphatic heterocycles. The van der Waals surface area contributed by atoms with Crippen molar-refractivity contribution in [2.24, 2.45) is 0 Å². The number of para-hydroxylation sites is 1. The van der Waals surface area contributed by atoms with Crippen molar-refractivity contribution in [1.82, 2.24) is 4.98 Å². The Balaban J connectivity index is 2.26. The third kappa shape index (κ3) is 2.68. The zero-order valence-electron chi connectivity index (χ0n) is 12.7. The van der Waals surface area contributed by atoms with Gasteiger partial charge in [0.15, 0.2) is 11.5 Å². The number of rotatable bonds is 4. The topological polar surface area (TPSA) is 68.7 Å². The second-order valence-corrected chi connectivity index (χ2v) is 4.95. The number of aromatic carboxylic acids is 1. The zero-order valence-corrected chi connectivity index (χ0v) is 12.7. The molecule has 0 aliphatic carbocycles. The molecule has 116 valence electrons. The van der Waals surface area contributed by atoms with Crippen LogP contribution in [0.4, 0.5) is 0 Å². The number of carboxylic acid groups (broad SMARTS) is 1. The Morgan fingerprint density at radius 3 is 2.52 bits per heavy atom. The second kappa shape index (κ2) is 5.96. The number of hydrogen-bond acceptors (Lipinski definition) is 4. The smallest absolute Gasteiger partial charge is 0.335 e. The van der Waals surface area contributed by atoms with Gasteiger partial charge < -0.3 is 14.6 Å². The molecule has 0 unspecified atom stereocenters. The minimum absolute atomic E-state index is 0.118. The van der Waals surface area contributed by atoms with Crippen LogP contribution in [0, 0.1) is 0 Å². The van der Waals surface area contributed by atoms with Gasteiger partial charge in [-0.3, -0.25) is 0 Å². The van der Waals surface area contributed by atoms with Gasteiger partial charge in [0.25, 0.3) is 0 Å². The van der Waals surface area contributed by atoms with Crippen LogP contribution < -0.4 is 9.47 Å². The minimum atomic E-state index is -1.03. The number of aromatic nitrogens is 1. The maximum absolute atomic E-state index is 11.3. The highest BCUT2D eigenvalue weighted by molar-refractivity contribution is 5.92. The average molecular weight is 309 g/mol. The average Bonchev–Trinajstić information content (AvgIpc) is 2.59. The van der Waals surface area contributed by atoms with E-state index in [1.54, 1.807) is 6.07 Å². The lowest BCUT2D eigenvalue weighted by atomic mass is 10.0. The number of pyridine rings is 1. The minimum Gasteiger partial charge on any atom is -0.493 e. The number of ether oxygens (including phenoxy) is 2. The number of hydrogen-bond donors (Lipinski definition) is 1. The molecule has 0 bridgehead atoms. The zero-order chi connectivity index (χ0) is 16.4. The predicted octanol–water partition coefficient (Wildman–Crippen LogP) is 3.62. The van der Waals surface area contributed by atoms with Gasteiger partial charge in [0.05, 0.1) is 31.0 Å². The number of benzene rings is 2. The largest absolute Gasteiger partial charge is 0.493 e. The summed E-state index contributed by atoms with van der Waals surface area (Å²) in [6.45, 7) is 0. The highest BCUT2D eigenvalue weighted by Gasteiger charge is 2.18. The van der Waals surface area contributed by atoms with Crippen LogP contribution in [0.3, 0.4) is 0 Å². The molecule has 3 aromatic rings. The van der Waals surface area contributed by atoms with E-state index in [2.05, 4.69) is 4.98 Å². The molecule has 1 N–H and O–H groups in total. The van der Waals surface area contributed by atoms with Crippen molar-refractivity contribution in [3.05, 3.63) is 54.1 Å². The Hall–Kier alpha value is -3.08. The molecule has 0 atom stereocenters. The van der Waals surface area contributed by atoms with Crippen molar-refractivity contribution < 1.29 is 19.4 Å². The summed E-state index contributed by atoms with van der Waals surface area (Å²) < 4.78 is 10.7. The Labute approximate surface area is 133 Å². The first-order valence-electron chi connectivity index (χ1n) is 6.99. The normalized spacial score (nSPS) is 10.5. The van der Waals surface area contributed by atoms with E-state index in [9.17, 15) is 9.90 Å². The van der Waals surface area contributed by atoms with Gasteiger partial charge in [-0.1, -0.05) is 24.3 Å². The Kier molecular flexibility index (Phi) is 3.85. The van der Waals surface area contributed by atoms with Gasteiger partial charge in [-0.2, -0.15) is 0 Å². The predicted molar refractivity (Wildman–Crippen MR) is 87.2 cm³/mol. The van der Waals surface area contributed by atoms with Gasteiger partial charge in [-0.05, 0) is 24.3 Å². The lowest BCUT2D eigenvalue weighted by Crippen LogP contribution is -2.01. The van der Waals surface area contributed by atoms with Gasteiger partial charge in [0.1, 0.15) is 0 Å². The molecule has 5 nitrogen and oxygen atoms in total. The van der Waals surface area contributed by atoms with Crippen LogP contribution in [0.5, 0.6) is 11.5 Å². The fourth-order valence-corrected chi connectivity index (χ4v) is 2.49. The van der Waals surface area contributed by atoms with Gasteiger partial charge in [-0.15, -0.1) is 0 Å². The van der Waals surface area contributed by atoms with Crippen LogP contribution in [-0.2, 0) is 0 Å². The van der Waals surface area contributed by atoms with Gasteiger partial charge in [0, 0.05) is 10.9 Å². The lowest BCUT2D eigenvalue weighted by molar-refractivity contribution is 0.0696. The van der Waals surface area contributed by atoms with E-state index in [1.807, 2.05) is 36.4 Å². The molecule has 0 saturated carbocycles. The molecule has 3 rings (SSSR count). The van der Waals surface area contributed by atoms with Gasteiger partial charge in [0.2, 0.25) is 0 Å². The fourth-order valence-electron chi connectivity index (χ4n) is 2.49. The first-order valence-corrected chi connectivity index (χ1v) is 6.99. The standard InChI is InChI=1S/C18H15NO4/c1-22-16-10-12(18(20)21)9-13(17(16)23-2)15-8-7-11-5-3-4-6-14(11)19-15/h3-10H,1-2H3,(H,20,21). The molecule has 0 spiro atoms. The van der Waals surface area contributed by atoms with E-state index >= 15 is 0 Å². The van der Waals surface area contributed by atoms with Gasteiger partial charge >= 0.3 is 5.97 Å². The molecule has 0 aliphatic rings. The maximum atomic E-state index is 11.3. The van der Waals surface area contributed by atoms with Crippen molar-refractivity contribution in [3.63, 3.8) is 0 Å². The van der Waals surface area contributed by atoms with Crippen LogP contribution >= 0.6 is 0 Å². The summed E-state index contributed by atoms with van der Waals surface area (Å²) in [4.78, 5) is 15.9. The number of fused-ring (bicyclic) bond motifs is 1. The van der Waals surface area contributed by atoms with Crippen LogP contribution in [0.2, 0.25) is 0 Å². The van der Waals surface area contributed by atoms with E-state index < -0.39 is 5.97 Å². The highest BCUT2D eigenvalue weighted by Crippen LogP contribution is 2.39. The van der Waals surface area contributed by atoms with E-state index in [0.717, 1.165) is 10.9 Å². The third-order valence-electron chi connectivity index (χ3n) is 3.60. The van der Waals surface area contributed by atoms with Crippen molar-refractivity contribution >= 4 is 16.9 Å². The van der Waals surface area contributed by atoms with Crippen LogP contribution in [-0.4, -0.2) is 30.3 Å². The van der Waals surface area contributed by atoms with E-state index in [-0.39, 0.29) is 5.56 Å². The Morgan fingerprint density at radius 2 is 1.83 bits per heavy atom. The first-order chi connectivity index (χ1) is 11.1. The second-order valence-electron chi connectivity index (χ2n) is 4.95. The molecule has 0 radical (unpaired) electrons. The third-order valence-corrected chi connectivity index (χ3v) is 3.60. The molecule has 0 saturated heterocycles. The van der Waals surface area contributed by atoms with E-state index in [4.69, 9.17) is 9.47 Å². The molecular formula is C18H15NO4. The quantitative estimate of drug-likeness (QED) is 0.797. The SMILES string of the molecule is COc1cc(C(=O)O)cc(-c2ccc3ccccc3n2)c1OC. The molecule has 2 aromatic carbocycles. The molecule has 1 aromatic heterocycles. The van der Waals surface area contributed by atoms with Crippen LogP contribution in [0.1, 0.15) is 10.4 Å². The number of carboxylic acids is 1. The number of nitrogens with zero attached hydrogens (tertiary/aromatic N) is 1. The monoisotopic (exact) mass is 309 g/mol. The summed E-state index contributed by atoms with van der Waals surface area (Å²) in [6.07, 6.45) is 0. The summed E-state index contributed by atoms with van der Waals surface area (Å²) in [7, 11) is 2.99. The Morgan fingerprint density at radius 1 is 1.04 bits per heavy atom. The Bertz CT molecular complexity index is 889. The summed E-state index contributed by atoms with van der Waals surface area (Å²) in [5, 5.41) is 10.3. The van der Waals surface area contributed by atoms with E-state index in [1.165, 1.54) is 20.3 Å². The van der Waals surface area contributed by atoms with E-state index in [0.29, 0.717) is 22.8 Å². The summed E-state index contributed by atoms with van der Waals surface area (Å²) in [5.41, 5.74) is 2.15. The molecule has 1 heterocycles. The summed E-state index contributed by atoms with van der Waals surface area (Å²) >= 11 is 0. The highest BCUT2D eigenvalue weighted by atomic mass is 16.5. The van der Waals surface area contributed by atoms with Crippen molar-refractivity contribution in [1.29, 1.82) is 0 Å². The summed E-state index contributed by atoms with van der Waals surface area (Å²) in [6, 6.07) is 14.5. The van der Waals surface area contributed by atoms with Crippen molar-refractivity contribution in [2.75, 3.05) is 14.2 Å². The molecular weight excluding hydrogens is 294 g/mol. The molecule has 0 fully saturated rings. The van der Waals surface area contributed by atoms with Crippen LogP contribution in [0.25, 0.3) is 22.2 Å². The summed E-state index contributed by atoms with van der Waals surface area (Å²) in [5.74, 6) is -0.217. The van der Waals surface area contributed by atoms with Crippen LogP contribution in [0.15, 0.2) is 48.5 Å². The first kappa shape index (κ1) is 14.8. The number of methoxy groups -OCH3 is 2. The van der Waals surface area contributed by atoms with Crippen molar-refractivity contribution in [2.45, 2.75) is 0 Å². The lowest BCUT2D eigenvalue weighted by Gasteiger charge is -2.14. The van der Waals surface area contributed by atoms with Gasteiger partial charge in [-0.25, -0.2) is 9.78 Å². The maximum Gasteiger partial charge on any atom is 0.335 e. The molecule has 23 heavy (non-hydrogen) atoms.